The molecule has 2 N–H and O–H groups in total. The van der Waals surface area contributed by atoms with Crippen molar-refractivity contribution in [2.24, 2.45) is 0 Å². The standard InChI is InChI=1S/C25H23FN2O3/c1-4-15(2)31-24-13-23(28-25(30)21(14-27)16(3)29)22(26)12-20(24)19-11-7-9-17-8-5-6-10-18(17)19/h5-13,15,29H,4H2,1-3H3,(H,28,30)/b21-16-. The average molecular weight is 418 g/mol. The maximum atomic E-state index is 15.0. The summed E-state index contributed by atoms with van der Waals surface area (Å²) in [6, 6.07) is 17.9. The summed E-state index contributed by atoms with van der Waals surface area (Å²) in [7, 11) is 0. The molecule has 0 aliphatic carbocycles. The molecular formula is C25H23FN2O3. The molecule has 5 nitrogen and oxygen atoms in total. The summed E-state index contributed by atoms with van der Waals surface area (Å²) in [5, 5.41) is 22.9. The maximum absolute atomic E-state index is 15.0. The molecule has 1 unspecified atom stereocenters. The largest absolute Gasteiger partial charge is 0.511 e. The van der Waals surface area contributed by atoms with Crippen LogP contribution in [0, 0.1) is 17.1 Å². The van der Waals surface area contributed by atoms with Gasteiger partial charge in [-0.05, 0) is 42.7 Å². The summed E-state index contributed by atoms with van der Waals surface area (Å²) < 4.78 is 21.1. The summed E-state index contributed by atoms with van der Waals surface area (Å²) in [5.41, 5.74) is 0.738. The minimum Gasteiger partial charge on any atom is -0.511 e. The fraction of sp³-hybridized carbons (Fsp3) is 0.200. The molecule has 0 aromatic heterocycles. The Morgan fingerprint density at radius 1 is 1.19 bits per heavy atom. The van der Waals surface area contributed by atoms with Crippen molar-refractivity contribution in [3.63, 3.8) is 0 Å². The number of carbonyl (C=O) groups is 1. The first-order valence-electron chi connectivity index (χ1n) is 9.95. The number of nitrogens with zero attached hydrogens (tertiary/aromatic N) is 1. The number of hydrogen-bond acceptors (Lipinski definition) is 4. The van der Waals surface area contributed by atoms with E-state index in [2.05, 4.69) is 5.32 Å². The number of halogens is 1. The lowest BCUT2D eigenvalue weighted by Gasteiger charge is -2.19. The van der Waals surface area contributed by atoms with E-state index in [1.807, 2.05) is 56.3 Å². The Labute approximate surface area is 180 Å². The molecule has 0 aliphatic heterocycles. The minimum absolute atomic E-state index is 0.138. The van der Waals surface area contributed by atoms with Crippen molar-refractivity contribution in [3.8, 4) is 22.9 Å². The minimum atomic E-state index is -0.895. The van der Waals surface area contributed by atoms with E-state index in [-0.39, 0.29) is 11.8 Å². The SMILES string of the molecule is CCC(C)Oc1cc(NC(=O)/C(C#N)=C(/C)O)c(F)cc1-c1cccc2ccccc12. The summed E-state index contributed by atoms with van der Waals surface area (Å²) in [6.07, 6.45) is 0.594. The van der Waals surface area contributed by atoms with Crippen molar-refractivity contribution in [2.75, 3.05) is 5.32 Å². The zero-order valence-corrected chi connectivity index (χ0v) is 17.6. The van der Waals surface area contributed by atoms with Crippen LogP contribution in [0.5, 0.6) is 5.75 Å². The highest BCUT2D eigenvalue weighted by Crippen LogP contribution is 2.39. The van der Waals surface area contributed by atoms with E-state index in [9.17, 15) is 9.90 Å². The summed E-state index contributed by atoms with van der Waals surface area (Å²) in [4.78, 5) is 12.3. The molecule has 6 heteroatoms. The number of benzene rings is 3. The second kappa shape index (κ2) is 9.31. The maximum Gasteiger partial charge on any atom is 0.269 e. The van der Waals surface area contributed by atoms with E-state index >= 15 is 4.39 Å². The number of allylic oxidation sites excluding steroid dienone is 1. The Kier molecular flexibility index (Phi) is 6.56. The molecule has 1 amide bonds. The van der Waals surface area contributed by atoms with Gasteiger partial charge in [0.2, 0.25) is 0 Å². The Hall–Kier alpha value is -3.85. The van der Waals surface area contributed by atoms with Crippen LogP contribution in [0.25, 0.3) is 21.9 Å². The Balaban J connectivity index is 2.14. The van der Waals surface area contributed by atoms with Gasteiger partial charge in [0.15, 0.2) is 5.57 Å². The number of rotatable bonds is 6. The molecule has 0 fully saturated rings. The van der Waals surface area contributed by atoms with Crippen molar-refractivity contribution in [2.45, 2.75) is 33.3 Å². The topological polar surface area (TPSA) is 82.3 Å². The molecule has 1 atom stereocenters. The van der Waals surface area contributed by atoms with Crippen LogP contribution in [0.15, 0.2) is 65.9 Å². The van der Waals surface area contributed by atoms with Gasteiger partial charge >= 0.3 is 0 Å². The van der Waals surface area contributed by atoms with Gasteiger partial charge in [0, 0.05) is 11.6 Å². The average Bonchev–Trinajstić information content (AvgIpc) is 2.75. The van der Waals surface area contributed by atoms with E-state index in [1.165, 1.54) is 19.1 Å². The number of carbonyl (C=O) groups excluding carboxylic acids is 1. The second-order valence-corrected chi connectivity index (χ2v) is 7.22. The van der Waals surface area contributed by atoms with E-state index in [0.717, 1.165) is 22.8 Å². The van der Waals surface area contributed by atoms with Crippen LogP contribution in [-0.4, -0.2) is 17.1 Å². The lowest BCUT2D eigenvalue weighted by Crippen LogP contribution is -2.17. The number of aliphatic hydroxyl groups is 1. The molecule has 3 rings (SSSR count). The highest BCUT2D eigenvalue weighted by atomic mass is 19.1. The van der Waals surface area contributed by atoms with Gasteiger partial charge in [0.05, 0.1) is 11.8 Å². The molecule has 158 valence electrons. The predicted octanol–water partition coefficient (Wildman–Crippen LogP) is 6.12. The van der Waals surface area contributed by atoms with E-state index < -0.39 is 23.1 Å². The van der Waals surface area contributed by atoms with Gasteiger partial charge in [0.25, 0.3) is 5.91 Å². The molecule has 3 aromatic carbocycles. The molecule has 0 saturated carbocycles. The number of nitrogens with one attached hydrogen (secondary N) is 1. The van der Waals surface area contributed by atoms with Gasteiger partial charge in [-0.2, -0.15) is 5.26 Å². The zero-order chi connectivity index (χ0) is 22.5. The third-order valence-electron chi connectivity index (χ3n) is 5.00. The van der Waals surface area contributed by atoms with Crippen molar-refractivity contribution in [1.82, 2.24) is 0 Å². The molecule has 3 aromatic rings. The first-order valence-corrected chi connectivity index (χ1v) is 9.95. The number of nitriles is 1. The molecule has 0 spiro atoms. The van der Waals surface area contributed by atoms with Crippen LogP contribution in [0.2, 0.25) is 0 Å². The third-order valence-corrected chi connectivity index (χ3v) is 5.00. The summed E-state index contributed by atoms with van der Waals surface area (Å²) in [5.74, 6) is -1.61. The predicted molar refractivity (Wildman–Crippen MR) is 119 cm³/mol. The van der Waals surface area contributed by atoms with Crippen molar-refractivity contribution < 1.29 is 19.0 Å². The fourth-order valence-corrected chi connectivity index (χ4v) is 3.20. The highest BCUT2D eigenvalue weighted by molar-refractivity contribution is 6.07. The number of ether oxygens (including phenoxy) is 1. The molecular weight excluding hydrogens is 395 g/mol. The van der Waals surface area contributed by atoms with Crippen LogP contribution in [-0.2, 0) is 4.79 Å². The van der Waals surface area contributed by atoms with E-state index in [4.69, 9.17) is 10.00 Å². The van der Waals surface area contributed by atoms with E-state index in [0.29, 0.717) is 11.3 Å². The molecule has 0 bridgehead atoms. The van der Waals surface area contributed by atoms with Gasteiger partial charge in [-0.25, -0.2) is 4.39 Å². The fourth-order valence-electron chi connectivity index (χ4n) is 3.20. The molecule has 0 aliphatic rings. The van der Waals surface area contributed by atoms with Crippen LogP contribution in [0.3, 0.4) is 0 Å². The number of hydrogen-bond donors (Lipinski definition) is 2. The van der Waals surface area contributed by atoms with Gasteiger partial charge in [-0.1, -0.05) is 49.4 Å². The Morgan fingerprint density at radius 3 is 2.58 bits per heavy atom. The quantitative estimate of drug-likeness (QED) is 0.287. The number of anilines is 1. The van der Waals surface area contributed by atoms with Gasteiger partial charge in [0.1, 0.15) is 23.4 Å². The van der Waals surface area contributed by atoms with Gasteiger partial charge in [-0.3, -0.25) is 4.79 Å². The molecule has 0 heterocycles. The van der Waals surface area contributed by atoms with Gasteiger partial charge < -0.3 is 15.2 Å². The number of aliphatic hydroxyl groups excluding tert-OH is 1. The van der Waals surface area contributed by atoms with Crippen LogP contribution < -0.4 is 10.1 Å². The Bertz CT molecular complexity index is 1200. The molecule has 31 heavy (non-hydrogen) atoms. The highest BCUT2D eigenvalue weighted by Gasteiger charge is 2.20. The normalized spacial score (nSPS) is 12.6. The third kappa shape index (κ3) is 4.67. The first-order chi connectivity index (χ1) is 14.8. The van der Waals surface area contributed by atoms with Crippen molar-refractivity contribution in [3.05, 3.63) is 71.7 Å². The Morgan fingerprint density at radius 2 is 1.90 bits per heavy atom. The van der Waals surface area contributed by atoms with Crippen LogP contribution in [0.4, 0.5) is 10.1 Å². The van der Waals surface area contributed by atoms with Crippen LogP contribution >= 0.6 is 0 Å². The smallest absolute Gasteiger partial charge is 0.269 e. The second-order valence-electron chi connectivity index (χ2n) is 7.22. The number of amides is 1. The molecule has 0 saturated heterocycles. The van der Waals surface area contributed by atoms with E-state index in [1.54, 1.807) is 6.07 Å². The zero-order valence-electron chi connectivity index (χ0n) is 17.6. The van der Waals surface area contributed by atoms with Crippen molar-refractivity contribution >= 4 is 22.4 Å². The lowest BCUT2D eigenvalue weighted by atomic mass is 9.97. The van der Waals surface area contributed by atoms with Gasteiger partial charge in [-0.15, -0.1) is 0 Å². The van der Waals surface area contributed by atoms with Crippen LogP contribution in [0.1, 0.15) is 27.2 Å². The number of fused-ring (bicyclic) bond motifs is 1. The van der Waals surface area contributed by atoms with Crippen molar-refractivity contribution in [1.29, 1.82) is 5.26 Å². The summed E-state index contributed by atoms with van der Waals surface area (Å²) >= 11 is 0. The lowest BCUT2D eigenvalue weighted by molar-refractivity contribution is -0.112. The monoisotopic (exact) mass is 418 g/mol. The molecule has 0 radical (unpaired) electrons. The first kappa shape index (κ1) is 21.8. The summed E-state index contributed by atoms with van der Waals surface area (Å²) in [6.45, 7) is 5.10.